The van der Waals surface area contributed by atoms with E-state index in [-0.39, 0.29) is 11.5 Å². The maximum Gasteiger partial charge on any atom is 0.293 e. The molecule has 0 aliphatic rings. The zero-order valence-electron chi connectivity index (χ0n) is 16.1. The monoisotopic (exact) mass is 385 g/mol. The Kier molecular flexibility index (Phi) is 4.87. The van der Waals surface area contributed by atoms with Crippen molar-refractivity contribution in [3.05, 3.63) is 88.6 Å². The molecule has 0 saturated heterocycles. The fourth-order valence-electron chi connectivity index (χ4n) is 3.12. The Hall–Kier alpha value is -3.87. The average Bonchev–Trinajstić information content (AvgIpc) is 2.76. The zero-order valence-corrected chi connectivity index (χ0v) is 16.1. The highest BCUT2D eigenvalue weighted by molar-refractivity contribution is 5.95. The molecule has 4 rings (SSSR count). The summed E-state index contributed by atoms with van der Waals surface area (Å²) in [5.41, 5.74) is 3.07. The number of hydrogen-bond acceptors (Lipinski definition) is 5. The summed E-state index contributed by atoms with van der Waals surface area (Å²) in [5.74, 6) is -0.0707. The van der Waals surface area contributed by atoms with Crippen molar-refractivity contribution in [1.82, 2.24) is 24.6 Å². The third-order valence-electron chi connectivity index (χ3n) is 4.61. The molecule has 0 aliphatic carbocycles. The topological polar surface area (TPSA) is 81.0 Å². The second-order valence-electron chi connectivity index (χ2n) is 6.84. The molecule has 3 heterocycles. The minimum atomic E-state index is -0.249. The lowest BCUT2D eigenvalue weighted by atomic mass is 10.0. The molecule has 29 heavy (non-hydrogen) atoms. The third kappa shape index (κ3) is 3.62. The van der Waals surface area contributed by atoms with Gasteiger partial charge in [-0.05, 0) is 42.0 Å². The molecule has 7 heteroatoms. The van der Waals surface area contributed by atoms with Gasteiger partial charge in [0.2, 0.25) is 0 Å². The van der Waals surface area contributed by atoms with Crippen LogP contribution in [0.1, 0.15) is 15.9 Å². The maximum atomic E-state index is 12.9. The van der Waals surface area contributed by atoms with E-state index in [1.165, 1.54) is 9.58 Å². The van der Waals surface area contributed by atoms with Crippen molar-refractivity contribution in [2.24, 2.45) is 0 Å². The molecular formula is C22H19N5O2. The summed E-state index contributed by atoms with van der Waals surface area (Å²) in [6.45, 7) is 0.318. The van der Waals surface area contributed by atoms with Gasteiger partial charge < -0.3 is 4.90 Å². The summed E-state index contributed by atoms with van der Waals surface area (Å²) in [5, 5.41) is 5.30. The first-order valence-electron chi connectivity index (χ1n) is 9.11. The van der Waals surface area contributed by atoms with E-state index in [0.29, 0.717) is 28.7 Å². The lowest BCUT2D eigenvalue weighted by molar-refractivity contribution is 0.0827. The number of fused-ring (bicyclic) bond motifs is 1. The van der Waals surface area contributed by atoms with Gasteiger partial charge in [-0.1, -0.05) is 12.1 Å². The van der Waals surface area contributed by atoms with Crippen LogP contribution in [-0.4, -0.2) is 44.7 Å². The number of benzene rings is 1. The lowest BCUT2D eigenvalue weighted by Gasteiger charge is -2.12. The number of rotatable bonds is 4. The molecule has 4 aromatic rings. The molecule has 1 aromatic carbocycles. The van der Waals surface area contributed by atoms with Gasteiger partial charge in [0.1, 0.15) is 11.2 Å². The zero-order chi connectivity index (χ0) is 20.4. The average molecular weight is 385 g/mol. The second kappa shape index (κ2) is 7.63. The summed E-state index contributed by atoms with van der Waals surface area (Å²) in [4.78, 5) is 34.9. The fraction of sp³-hybridized carbons (Fsp3) is 0.136. The molecule has 0 fully saturated rings. The van der Waals surface area contributed by atoms with Crippen molar-refractivity contribution in [2.75, 3.05) is 14.1 Å². The van der Waals surface area contributed by atoms with Crippen LogP contribution < -0.4 is 5.56 Å². The minimum absolute atomic E-state index is 0.0707. The van der Waals surface area contributed by atoms with Gasteiger partial charge in [0.05, 0.1) is 6.54 Å². The van der Waals surface area contributed by atoms with Crippen molar-refractivity contribution >= 4 is 16.8 Å². The van der Waals surface area contributed by atoms with Crippen molar-refractivity contribution in [3.63, 3.8) is 0 Å². The van der Waals surface area contributed by atoms with Crippen LogP contribution in [-0.2, 0) is 6.54 Å². The van der Waals surface area contributed by atoms with Crippen LogP contribution in [0.4, 0.5) is 0 Å². The fourth-order valence-corrected chi connectivity index (χ4v) is 3.12. The van der Waals surface area contributed by atoms with Crippen LogP contribution in [0.3, 0.4) is 0 Å². The summed E-state index contributed by atoms with van der Waals surface area (Å²) in [6.07, 6.45) is 4.96. The number of hydrogen-bond donors (Lipinski definition) is 0. The van der Waals surface area contributed by atoms with Gasteiger partial charge in [0.25, 0.3) is 11.5 Å². The van der Waals surface area contributed by atoms with E-state index >= 15 is 0 Å². The molecular weight excluding hydrogens is 366 g/mol. The van der Waals surface area contributed by atoms with E-state index in [4.69, 9.17) is 0 Å². The Balaban J connectivity index is 1.84. The van der Waals surface area contributed by atoms with Crippen LogP contribution in [0.15, 0.2) is 71.9 Å². The highest BCUT2D eigenvalue weighted by Gasteiger charge is 2.14. The first-order valence-corrected chi connectivity index (χ1v) is 9.11. The molecule has 0 saturated carbocycles. The number of aromatic nitrogens is 4. The van der Waals surface area contributed by atoms with E-state index in [1.54, 1.807) is 50.9 Å². The molecule has 7 nitrogen and oxygen atoms in total. The van der Waals surface area contributed by atoms with Gasteiger partial charge in [-0.2, -0.15) is 5.10 Å². The molecule has 0 atom stereocenters. The first kappa shape index (κ1) is 18.5. The first-order chi connectivity index (χ1) is 14.0. The van der Waals surface area contributed by atoms with Gasteiger partial charge in [0.15, 0.2) is 0 Å². The second-order valence-corrected chi connectivity index (χ2v) is 6.84. The Morgan fingerprint density at radius 1 is 1.00 bits per heavy atom. The van der Waals surface area contributed by atoms with Crippen LogP contribution in [0, 0.1) is 0 Å². The molecule has 1 amide bonds. The Bertz CT molecular complexity index is 1230. The van der Waals surface area contributed by atoms with Crippen LogP contribution in [0.25, 0.3) is 22.2 Å². The van der Waals surface area contributed by atoms with E-state index in [0.717, 1.165) is 11.1 Å². The molecule has 0 N–H and O–H groups in total. The van der Waals surface area contributed by atoms with Crippen LogP contribution in [0.2, 0.25) is 0 Å². The van der Waals surface area contributed by atoms with E-state index < -0.39 is 0 Å². The summed E-state index contributed by atoms with van der Waals surface area (Å²) in [7, 11) is 3.43. The standard InChI is InChI=1S/C22H19N5O2/c1-26(2)21(28)17-7-5-16(6-8-17)19-18-4-3-11-24-20(18)22(29)27(25-19)14-15-9-12-23-13-10-15/h3-13H,14H2,1-2H3. The molecule has 144 valence electrons. The Morgan fingerprint density at radius 3 is 2.41 bits per heavy atom. The summed E-state index contributed by atoms with van der Waals surface area (Å²) in [6, 6.07) is 14.5. The van der Waals surface area contributed by atoms with Gasteiger partial charge >= 0.3 is 0 Å². The molecule has 3 aromatic heterocycles. The van der Waals surface area contributed by atoms with Gasteiger partial charge in [0, 0.05) is 49.2 Å². The molecule has 0 unspecified atom stereocenters. The predicted molar refractivity (Wildman–Crippen MR) is 111 cm³/mol. The third-order valence-corrected chi connectivity index (χ3v) is 4.61. The number of carbonyl (C=O) groups is 1. The molecule has 0 radical (unpaired) electrons. The van der Waals surface area contributed by atoms with Crippen molar-refractivity contribution in [1.29, 1.82) is 0 Å². The van der Waals surface area contributed by atoms with Gasteiger partial charge in [-0.3, -0.25) is 19.6 Å². The summed E-state index contributed by atoms with van der Waals surface area (Å²) >= 11 is 0. The molecule has 0 spiro atoms. The Labute approximate surface area is 167 Å². The predicted octanol–water partition coefficient (Wildman–Crippen LogP) is 2.60. The number of carbonyl (C=O) groups excluding carboxylic acids is 1. The quantitative estimate of drug-likeness (QED) is 0.539. The van der Waals surface area contributed by atoms with Gasteiger partial charge in [-0.15, -0.1) is 0 Å². The minimum Gasteiger partial charge on any atom is -0.345 e. The normalized spacial score (nSPS) is 10.8. The van der Waals surface area contributed by atoms with Crippen molar-refractivity contribution in [3.8, 4) is 11.3 Å². The Morgan fingerprint density at radius 2 is 1.72 bits per heavy atom. The number of pyridine rings is 2. The van der Waals surface area contributed by atoms with E-state index in [9.17, 15) is 9.59 Å². The molecule has 0 bridgehead atoms. The lowest BCUT2D eigenvalue weighted by Crippen LogP contribution is -2.25. The number of nitrogens with zero attached hydrogens (tertiary/aromatic N) is 5. The SMILES string of the molecule is CN(C)C(=O)c1ccc(-c2nn(Cc3ccncc3)c(=O)c3ncccc23)cc1. The largest absolute Gasteiger partial charge is 0.345 e. The smallest absolute Gasteiger partial charge is 0.293 e. The molecule has 0 aliphatic heterocycles. The summed E-state index contributed by atoms with van der Waals surface area (Å²) < 4.78 is 1.42. The van der Waals surface area contributed by atoms with E-state index in [1.807, 2.05) is 30.3 Å². The highest BCUT2D eigenvalue weighted by atomic mass is 16.2. The van der Waals surface area contributed by atoms with Gasteiger partial charge in [-0.25, -0.2) is 4.68 Å². The van der Waals surface area contributed by atoms with Crippen LogP contribution >= 0.6 is 0 Å². The van der Waals surface area contributed by atoms with Crippen LogP contribution in [0.5, 0.6) is 0 Å². The van der Waals surface area contributed by atoms with Crippen molar-refractivity contribution < 1.29 is 4.79 Å². The highest BCUT2D eigenvalue weighted by Crippen LogP contribution is 2.24. The number of amides is 1. The van der Waals surface area contributed by atoms with Crippen molar-refractivity contribution in [2.45, 2.75) is 6.54 Å². The van der Waals surface area contributed by atoms with E-state index in [2.05, 4.69) is 15.1 Å². The maximum absolute atomic E-state index is 12.9.